The maximum atomic E-state index is 13.4. The molecule has 0 radical (unpaired) electrons. The summed E-state index contributed by atoms with van der Waals surface area (Å²) < 4.78 is 38.5. The molecule has 0 bridgehead atoms. The molecule has 0 saturated heterocycles. The van der Waals surface area contributed by atoms with Gasteiger partial charge in [-0.05, 0) is 61.2 Å². The van der Waals surface area contributed by atoms with E-state index in [2.05, 4.69) is 5.32 Å². The van der Waals surface area contributed by atoms with Crippen LogP contribution in [-0.4, -0.2) is 41.6 Å². The summed E-state index contributed by atoms with van der Waals surface area (Å²) in [4.78, 5) is 12.9. The molecule has 34 heavy (non-hydrogen) atoms. The fraction of sp³-hybridized carbons (Fsp3) is 0.269. The summed E-state index contributed by atoms with van der Waals surface area (Å²) in [5.41, 5.74) is 2.30. The standard InChI is InChI=1S/C26H30N2O5S/c1-20-10-7-8-14-23(20)28(34(30,31)22-12-5-4-6-13-22)19-26(29)27-17-9-11-21-15-16-24(32-2)25(18-21)33-3/h4-8,10,12-16,18H,9,11,17,19H2,1-3H3,(H,27,29). The van der Waals surface area contributed by atoms with Crippen molar-refractivity contribution in [2.24, 2.45) is 0 Å². The second-order valence-electron chi connectivity index (χ2n) is 7.75. The third-order valence-corrected chi connectivity index (χ3v) is 7.19. The first kappa shape index (κ1) is 25.1. The molecule has 0 aliphatic rings. The molecule has 0 atom stereocenters. The molecule has 0 unspecified atom stereocenters. The van der Waals surface area contributed by atoms with Crippen LogP contribution in [0.1, 0.15) is 17.5 Å². The second kappa shape index (κ2) is 11.6. The molecule has 0 aromatic heterocycles. The van der Waals surface area contributed by atoms with E-state index in [1.807, 2.05) is 37.3 Å². The van der Waals surface area contributed by atoms with Crippen LogP contribution >= 0.6 is 0 Å². The molecule has 3 rings (SSSR count). The zero-order valence-electron chi connectivity index (χ0n) is 19.7. The van der Waals surface area contributed by atoms with Gasteiger partial charge in [-0.15, -0.1) is 0 Å². The van der Waals surface area contributed by atoms with E-state index in [0.29, 0.717) is 30.2 Å². The summed E-state index contributed by atoms with van der Waals surface area (Å²) in [6, 6.07) is 21.0. The van der Waals surface area contributed by atoms with Gasteiger partial charge in [-0.25, -0.2) is 8.42 Å². The van der Waals surface area contributed by atoms with E-state index >= 15 is 0 Å². The summed E-state index contributed by atoms with van der Waals surface area (Å²) in [6.45, 7) is 1.93. The number of aryl methyl sites for hydroxylation is 2. The lowest BCUT2D eigenvalue weighted by Gasteiger charge is -2.25. The van der Waals surface area contributed by atoms with Crippen LogP contribution in [0.4, 0.5) is 5.69 Å². The van der Waals surface area contributed by atoms with Crippen molar-refractivity contribution >= 4 is 21.6 Å². The first-order valence-electron chi connectivity index (χ1n) is 11.0. The number of amides is 1. The topological polar surface area (TPSA) is 84.9 Å². The van der Waals surface area contributed by atoms with Crippen molar-refractivity contribution in [3.63, 3.8) is 0 Å². The highest BCUT2D eigenvalue weighted by Gasteiger charge is 2.27. The van der Waals surface area contributed by atoms with Crippen molar-refractivity contribution < 1.29 is 22.7 Å². The fourth-order valence-electron chi connectivity index (χ4n) is 3.61. The molecule has 3 aromatic rings. The number of methoxy groups -OCH3 is 2. The smallest absolute Gasteiger partial charge is 0.264 e. The lowest BCUT2D eigenvalue weighted by atomic mass is 10.1. The Kier molecular flexibility index (Phi) is 8.54. The van der Waals surface area contributed by atoms with Crippen molar-refractivity contribution in [2.45, 2.75) is 24.7 Å². The number of nitrogens with zero attached hydrogens (tertiary/aromatic N) is 1. The zero-order chi connectivity index (χ0) is 24.6. The van der Waals surface area contributed by atoms with Crippen LogP contribution in [0.25, 0.3) is 0 Å². The maximum Gasteiger partial charge on any atom is 0.264 e. The number of carbonyl (C=O) groups is 1. The number of nitrogens with one attached hydrogen (secondary N) is 1. The number of hydrogen-bond acceptors (Lipinski definition) is 5. The van der Waals surface area contributed by atoms with Crippen molar-refractivity contribution in [1.29, 1.82) is 0 Å². The van der Waals surface area contributed by atoms with Crippen molar-refractivity contribution in [3.8, 4) is 11.5 Å². The molecule has 180 valence electrons. The van der Waals surface area contributed by atoms with Crippen LogP contribution in [0.5, 0.6) is 11.5 Å². The zero-order valence-corrected chi connectivity index (χ0v) is 20.5. The quantitative estimate of drug-likeness (QED) is 0.418. The number of sulfonamides is 1. The Labute approximate surface area is 201 Å². The highest BCUT2D eigenvalue weighted by molar-refractivity contribution is 7.92. The first-order valence-corrected chi connectivity index (χ1v) is 12.4. The van der Waals surface area contributed by atoms with E-state index in [4.69, 9.17) is 9.47 Å². The number of ether oxygens (including phenoxy) is 2. The summed E-state index contributed by atoms with van der Waals surface area (Å²) in [6.07, 6.45) is 1.42. The van der Waals surface area contributed by atoms with Crippen molar-refractivity contribution in [2.75, 3.05) is 31.6 Å². The summed E-state index contributed by atoms with van der Waals surface area (Å²) >= 11 is 0. The van der Waals surface area contributed by atoms with Crippen molar-refractivity contribution in [1.82, 2.24) is 5.32 Å². The molecule has 8 heteroatoms. The van der Waals surface area contributed by atoms with E-state index in [-0.39, 0.29) is 17.3 Å². The normalized spacial score (nSPS) is 11.0. The number of carbonyl (C=O) groups excluding carboxylic acids is 1. The molecule has 3 aromatic carbocycles. The fourth-order valence-corrected chi connectivity index (χ4v) is 5.11. The van der Waals surface area contributed by atoms with Gasteiger partial charge in [-0.1, -0.05) is 42.5 Å². The van der Waals surface area contributed by atoms with Crippen LogP contribution in [0, 0.1) is 6.92 Å². The molecule has 0 fully saturated rings. The largest absolute Gasteiger partial charge is 0.493 e. The third kappa shape index (κ3) is 6.08. The number of benzene rings is 3. The van der Waals surface area contributed by atoms with Crippen LogP contribution in [0.2, 0.25) is 0 Å². The molecule has 0 heterocycles. The van der Waals surface area contributed by atoms with Crippen LogP contribution in [0.3, 0.4) is 0 Å². The predicted octanol–water partition coefficient (Wildman–Crippen LogP) is 3.96. The number of hydrogen-bond donors (Lipinski definition) is 1. The number of anilines is 1. The Morgan fingerprint density at radius 2 is 1.59 bits per heavy atom. The van der Waals surface area contributed by atoms with Crippen LogP contribution in [-0.2, 0) is 21.2 Å². The number of rotatable bonds is 11. The van der Waals surface area contributed by atoms with Gasteiger partial charge in [-0.2, -0.15) is 0 Å². The van der Waals surface area contributed by atoms with Gasteiger partial charge in [0.15, 0.2) is 11.5 Å². The highest BCUT2D eigenvalue weighted by atomic mass is 32.2. The molecule has 0 aliphatic carbocycles. The van der Waals surface area contributed by atoms with Gasteiger partial charge in [0.2, 0.25) is 5.91 Å². The van der Waals surface area contributed by atoms with E-state index in [9.17, 15) is 13.2 Å². The highest BCUT2D eigenvalue weighted by Crippen LogP contribution is 2.28. The molecular formula is C26H30N2O5S. The molecule has 7 nitrogen and oxygen atoms in total. The summed E-state index contributed by atoms with van der Waals surface area (Å²) in [7, 11) is -0.735. The SMILES string of the molecule is COc1ccc(CCCNC(=O)CN(c2ccccc2C)S(=O)(=O)c2ccccc2)cc1OC. The van der Waals surface area contributed by atoms with Gasteiger partial charge in [0.05, 0.1) is 24.8 Å². The first-order chi connectivity index (χ1) is 16.4. The Bertz CT molecular complexity index is 1210. The van der Waals surface area contributed by atoms with Gasteiger partial charge in [0, 0.05) is 6.54 Å². The summed E-state index contributed by atoms with van der Waals surface area (Å²) in [5.74, 6) is 0.953. The average Bonchev–Trinajstić information content (AvgIpc) is 2.86. The minimum atomic E-state index is -3.91. The van der Waals surface area contributed by atoms with E-state index in [0.717, 1.165) is 17.5 Å². The Morgan fingerprint density at radius 1 is 0.912 bits per heavy atom. The number of para-hydroxylation sites is 1. The van der Waals surface area contributed by atoms with Crippen LogP contribution in [0.15, 0.2) is 77.7 Å². The monoisotopic (exact) mass is 482 g/mol. The van der Waals surface area contributed by atoms with E-state index in [1.54, 1.807) is 44.6 Å². The van der Waals surface area contributed by atoms with Gasteiger partial charge < -0.3 is 14.8 Å². The lowest BCUT2D eigenvalue weighted by molar-refractivity contribution is -0.119. The Morgan fingerprint density at radius 3 is 2.26 bits per heavy atom. The molecule has 0 spiro atoms. The van der Waals surface area contributed by atoms with Crippen LogP contribution < -0.4 is 19.1 Å². The average molecular weight is 483 g/mol. The maximum absolute atomic E-state index is 13.4. The minimum absolute atomic E-state index is 0.138. The predicted molar refractivity (Wildman–Crippen MR) is 133 cm³/mol. The van der Waals surface area contributed by atoms with Gasteiger partial charge in [-0.3, -0.25) is 9.10 Å². The summed E-state index contributed by atoms with van der Waals surface area (Å²) in [5, 5.41) is 2.85. The second-order valence-corrected chi connectivity index (χ2v) is 9.62. The third-order valence-electron chi connectivity index (χ3n) is 5.41. The molecule has 1 amide bonds. The minimum Gasteiger partial charge on any atom is -0.493 e. The van der Waals surface area contributed by atoms with E-state index in [1.165, 1.54) is 16.4 Å². The lowest BCUT2D eigenvalue weighted by Crippen LogP contribution is -2.41. The molecule has 0 aliphatic heterocycles. The van der Waals surface area contributed by atoms with E-state index < -0.39 is 10.0 Å². The molecule has 0 saturated carbocycles. The van der Waals surface area contributed by atoms with Gasteiger partial charge >= 0.3 is 0 Å². The van der Waals surface area contributed by atoms with Crippen molar-refractivity contribution in [3.05, 3.63) is 83.9 Å². The van der Waals surface area contributed by atoms with Gasteiger partial charge in [0.1, 0.15) is 6.54 Å². The molecular weight excluding hydrogens is 452 g/mol. The Hall–Kier alpha value is -3.52. The molecule has 1 N–H and O–H groups in total. The Balaban J connectivity index is 1.67. The van der Waals surface area contributed by atoms with Gasteiger partial charge in [0.25, 0.3) is 10.0 Å².